The van der Waals surface area contributed by atoms with E-state index in [0.29, 0.717) is 37.1 Å². The minimum atomic E-state index is -3.51. The van der Waals surface area contributed by atoms with E-state index >= 15 is 0 Å². The van der Waals surface area contributed by atoms with Gasteiger partial charge in [-0.25, -0.2) is 8.42 Å². The molecule has 0 spiro atoms. The second-order valence-electron chi connectivity index (χ2n) is 6.00. The standard InChI is InChI=1S/C15H19ClN2O3S/c1-11-10-14(11)15(19)17-6-8-18(9-7-17)22(20,21)13-4-2-12(16)3-5-13/h2-5,11,14H,6-10H2,1H3/t11-,14-/m1/s1. The van der Waals surface area contributed by atoms with Gasteiger partial charge in [0.2, 0.25) is 15.9 Å². The zero-order valence-electron chi connectivity index (χ0n) is 12.4. The van der Waals surface area contributed by atoms with E-state index in [1.54, 1.807) is 17.0 Å². The van der Waals surface area contributed by atoms with Crippen LogP contribution in [-0.4, -0.2) is 49.7 Å². The highest BCUT2D eigenvalue weighted by molar-refractivity contribution is 7.89. The van der Waals surface area contributed by atoms with Crippen molar-refractivity contribution in [2.24, 2.45) is 11.8 Å². The Bertz CT molecular complexity index is 667. The van der Waals surface area contributed by atoms with Crippen LogP contribution in [0.2, 0.25) is 5.02 Å². The summed E-state index contributed by atoms with van der Waals surface area (Å²) in [7, 11) is -3.51. The van der Waals surface area contributed by atoms with Crippen molar-refractivity contribution in [3.63, 3.8) is 0 Å². The summed E-state index contributed by atoms with van der Waals surface area (Å²) in [6, 6.07) is 6.17. The zero-order chi connectivity index (χ0) is 15.9. The number of carbonyl (C=O) groups excluding carboxylic acids is 1. The Labute approximate surface area is 135 Å². The summed E-state index contributed by atoms with van der Waals surface area (Å²) < 4.78 is 26.5. The molecule has 1 saturated heterocycles. The monoisotopic (exact) mass is 342 g/mol. The number of nitrogens with zero attached hydrogens (tertiary/aromatic N) is 2. The van der Waals surface area contributed by atoms with E-state index in [4.69, 9.17) is 11.6 Å². The van der Waals surface area contributed by atoms with Gasteiger partial charge < -0.3 is 4.90 Å². The Morgan fingerprint density at radius 1 is 1.14 bits per heavy atom. The number of piperazine rings is 1. The molecule has 0 radical (unpaired) electrons. The molecule has 1 heterocycles. The highest BCUT2D eigenvalue weighted by Gasteiger charge is 2.42. The summed E-state index contributed by atoms with van der Waals surface area (Å²) in [5.74, 6) is 0.804. The van der Waals surface area contributed by atoms with Crippen molar-refractivity contribution >= 4 is 27.5 Å². The molecule has 1 aromatic carbocycles. The lowest BCUT2D eigenvalue weighted by atomic mass is 10.2. The van der Waals surface area contributed by atoms with Crippen LogP contribution in [0, 0.1) is 11.8 Å². The molecular formula is C15H19ClN2O3S. The molecule has 0 bridgehead atoms. The molecule has 2 fully saturated rings. The molecule has 1 amide bonds. The maximum absolute atomic E-state index is 12.6. The van der Waals surface area contributed by atoms with E-state index in [-0.39, 0.29) is 16.7 Å². The van der Waals surface area contributed by atoms with E-state index < -0.39 is 10.0 Å². The van der Waals surface area contributed by atoms with E-state index in [9.17, 15) is 13.2 Å². The molecule has 0 aromatic heterocycles. The smallest absolute Gasteiger partial charge is 0.243 e. The first-order chi connectivity index (χ1) is 10.4. The first kappa shape index (κ1) is 15.8. The van der Waals surface area contributed by atoms with Gasteiger partial charge in [0.15, 0.2) is 0 Å². The molecule has 1 aliphatic carbocycles. The zero-order valence-corrected chi connectivity index (χ0v) is 14.0. The first-order valence-corrected chi connectivity index (χ1v) is 9.26. The second kappa shape index (κ2) is 5.83. The van der Waals surface area contributed by atoms with Crippen LogP contribution in [0.15, 0.2) is 29.2 Å². The third kappa shape index (κ3) is 3.00. The lowest BCUT2D eigenvalue weighted by molar-refractivity contribution is -0.134. The van der Waals surface area contributed by atoms with Gasteiger partial charge in [-0.05, 0) is 36.6 Å². The fourth-order valence-corrected chi connectivity index (χ4v) is 4.35. The number of carbonyl (C=O) groups is 1. The predicted molar refractivity (Wildman–Crippen MR) is 84.1 cm³/mol. The Kier molecular flexibility index (Phi) is 4.18. The molecule has 1 aromatic rings. The molecule has 0 N–H and O–H groups in total. The summed E-state index contributed by atoms with van der Waals surface area (Å²) in [5, 5.41) is 0.507. The molecule has 1 saturated carbocycles. The van der Waals surface area contributed by atoms with Crippen LogP contribution in [0.3, 0.4) is 0 Å². The average Bonchev–Trinajstić information content (AvgIpc) is 3.24. The van der Waals surface area contributed by atoms with Gasteiger partial charge in [-0.15, -0.1) is 0 Å². The molecule has 3 rings (SSSR count). The van der Waals surface area contributed by atoms with Crippen molar-refractivity contribution in [3.05, 3.63) is 29.3 Å². The van der Waals surface area contributed by atoms with Gasteiger partial charge in [0.1, 0.15) is 0 Å². The van der Waals surface area contributed by atoms with Crippen molar-refractivity contribution in [1.29, 1.82) is 0 Å². The van der Waals surface area contributed by atoms with Crippen LogP contribution in [0.1, 0.15) is 13.3 Å². The maximum atomic E-state index is 12.6. The Morgan fingerprint density at radius 3 is 2.18 bits per heavy atom. The van der Waals surface area contributed by atoms with Gasteiger partial charge >= 0.3 is 0 Å². The summed E-state index contributed by atoms with van der Waals surface area (Å²) >= 11 is 5.80. The fourth-order valence-electron chi connectivity index (χ4n) is 2.81. The van der Waals surface area contributed by atoms with Crippen molar-refractivity contribution in [1.82, 2.24) is 9.21 Å². The summed E-state index contributed by atoms with van der Waals surface area (Å²) in [6.45, 7) is 3.70. The van der Waals surface area contributed by atoms with Gasteiger partial charge in [-0.2, -0.15) is 4.31 Å². The highest BCUT2D eigenvalue weighted by Crippen LogP contribution is 2.39. The van der Waals surface area contributed by atoms with E-state index in [1.807, 2.05) is 0 Å². The van der Waals surface area contributed by atoms with Crippen molar-refractivity contribution in [3.8, 4) is 0 Å². The topological polar surface area (TPSA) is 57.7 Å². The minimum absolute atomic E-state index is 0.152. The fraction of sp³-hybridized carbons (Fsp3) is 0.533. The van der Waals surface area contributed by atoms with Gasteiger partial charge in [0.25, 0.3) is 0 Å². The van der Waals surface area contributed by atoms with Gasteiger partial charge in [-0.1, -0.05) is 18.5 Å². The SMILES string of the molecule is C[C@@H]1C[C@H]1C(=O)N1CCN(S(=O)(=O)c2ccc(Cl)cc2)CC1. The minimum Gasteiger partial charge on any atom is -0.340 e. The van der Waals surface area contributed by atoms with E-state index in [2.05, 4.69) is 6.92 Å². The maximum Gasteiger partial charge on any atom is 0.243 e. The molecular weight excluding hydrogens is 324 g/mol. The number of hydrogen-bond donors (Lipinski definition) is 0. The number of sulfonamides is 1. The lowest BCUT2D eigenvalue weighted by Crippen LogP contribution is -2.51. The van der Waals surface area contributed by atoms with E-state index in [0.717, 1.165) is 6.42 Å². The Balaban J connectivity index is 1.65. The largest absolute Gasteiger partial charge is 0.340 e. The Hall–Kier alpha value is -1.11. The summed E-state index contributed by atoms with van der Waals surface area (Å²) in [5.41, 5.74) is 0. The van der Waals surface area contributed by atoms with Crippen molar-refractivity contribution in [2.45, 2.75) is 18.2 Å². The van der Waals surface area contributed by atoms with Crippen LogP contribution in [0.25, 0.3) is 0 Å². The molecule has 2 aliphatic rings. The van der Waals surface area contributed by atoms with Crippen LogP contribution >= 0.6 is 11.6 Å². The normalized spacial score (nSPS) is 26.0. The summed E-state index contributed by atoms with van der Waals surface area (Å²) in [4.78, 5) is 14.2. The second-order valence-corrected chi connectivity index (χ2v) is 8.38. The molecule has 0 unspecified atom stereocenters. The molecule has 5 nitrogen and oxygen atoms in total. The first-order valence-electron chi connectivity index (χ1n) is 7.44. The molecule has 120 valence electrons. The van der Waals surface area contributed by atoms with Crippen molar-refractivity contribution in [2.75, 3.05) is 26.2 Å². The number of amides is 1. The van der Waals surface area contributed by atoms with Crippen molar-refractivity contribution < 1.29 is 13.2 Å². The molecule has 1 aliphatic heterocycles. The molecule has 7 heteroatoms. The number of rotatable bonds is 3. The van der Waals surface area contributed by atoms with Gasteiger partial charge in [0, 0.05) is 37.1 Å². The Morgan fingerprint density at radius 2 is 1.68 bits per heavy atom. The summed E-state index contributed by atoms with van der Waals surface area (Å²) in [6.07, 6.45) is 0.960. The lowest BCUT2D eigenvalue weighted by Gasteiger charge is -2.34. The van der Waals surface area contributed by atoms with Crippen LogP contribution in [0.5, 0.6) is 0 Å². The number of benzene rings is 1. The predicted octanol–water partition coefficient (Wildman–Crippen LogP) is 1.83. The number of halogens is 1. The van der Waals surface area contributed by atoms with Gasteiger partial charge in [0.05, 0.1) is 4.90 Å². The molecule has 22 heavy (non-hydrogen) atoms. The molecule has 2 atom stereocenters. The van der Waals surface area contributed by atoms with Crippen LogP contribution in [-0.2, 0) is 14.8 Å². The average molecular weight is 343 g/mol. The van der Waals surface area contributed by atoms with E-state index in [1.165, 1.54) is 16.4 Å². The highest BCUT2D eigenvalue weighted by atomic mass is 35.5. The van der Waals surface area contributed by atoms with Crippen LogP contribution in [0.4, 0.5) is 0 Å². The third-order valence-corrected chi connectivity index (χ3v) is 6.59. The van der Waals surface area contributed by atoms with Crippen LogP contribution < -0.4 is 0 Å². The quantitative estimate of drug-likeness (QED) is 0.842. The third-order valence-electron chi connectivity index (χ3n) is 4.43. The van der Waals surface area contributed by atoms with Gasteiger partial charge in [-0.3, -0.25) is 4.79 Å². The number of hydrogen-bond acceptors (Lipinski definition) is 3.